The third-order valence-electron chi connectivity index (χ3n) is 4.08. The summed E-state index contributed by atoms with van der Waals surface area (Å²) in [5.41, 5.74) is 1.28. The molecule has 1 aliphatic rings. The molecule has 1 saturated heterocycles. The van der Waals surface area contributed by atoms with E-state index < -0.39 is 12.4 Å². The number of rotatable bonds is 7. The molecule has 2 amide bonds. The van der Waals surface area contributed by atoms with Gasteiger partial charge in [0.1, 0.15) is 5.75 Å². The topological polar surface area (TPSA) is 101 Å². The third kappa shape index (κ3) is 6.95. The average Bonchev–Trinajstić information content (AvgIpc) is 2.72. The van der Waals surface area contributed by atoms with Crippen molar-refractivity contribution in [2.45, 2.75) is 6.36 Å². The normalized spacial score (nSPS) is 14.2. The SMILES string of the molecule is O=C(NCCNc1cc(N2CCOCC2)cnn1)Nc1ccc(OC(F)(F)F)cc1. The number of ether oxygens (including phenoxy) is 2. The van der Waals surface area contributed by atoms with Gasteiger partial charge in [-0.1, -0.05) is 0 Å². The maximum Gasteiger partial charge on any atom is 0.573 e. The maximum atomic E-state index is 12.1. The molecule has 2 heterocycles. The highest BCUT2D eigenvalue weighted by atomic mass is 19.4. The van der Waals surface area contributed by atoms with Crippen LogP contribution < -0.4 is 25.6 Å². The van der Waals surface area contributed by atoms with Crippen molar-refractivity contribution in [3.05, 3.63) is 36.5 Å². The summed E-state index contributed by atoms with van der Waals surface area (Å²) in [4.78, 5) is 14.0. The van der Waals surface area contributed by atoms with Gasteiger partial charge in [-0.3, -0.25) is 0 Å². The molecule has 162 valence electrons. The minimum absolute atomic E-state index is 0.296. The van der Waals surface area contributed by atoms with Gasteiger partial charge in [-0.25, -0.2) is 4.79 Å². The van der Waals surface area contributed by atoms with Gasteiger partial charge in [0.15, 0.2) is 5.82 Å². The maximum absolute atomic E-state index is 12.1. The van der Waals surface area contributed by atoms with Crippen LogP contribution in [0.2, 0.25) is 0 Å². The molecule has 1 aromatic heterocycles. The Balaban J connectivity index is 1.38. The molecule has 30 heavy (non-hydrogen) atoms. The van der Waals surface area contributed by atoms with Gasteiger partial charge >= 0.3 is 12.4 Å². The van der Waals surface area contributed by atoms with E-state index in [2.05, 4.69) is 35.8 Å². The number of aromatic nitrogens is 2. The number of morpholine rings is 1. The van der Waals surface area contributed by atoms with Crippen molar-refractivity contribution in [3.8, 4) is 5.75 Å². The van der Waals surface area contributed by atoms with Crippen LogP contribution in [0, 0.1) is 0 Å². The number of urea groups is 1. The predicted molar refractivity (Wildman–Crippen MR) is 104 cm³/mol. The number of hydrogen-bond donors (Lipinski definition) is 3. The van der Waals surface area contributed by atoms with E-state index in [1.54, 1.807) is 6.20 Å². The van der Waals surface area contributed by atoms with Crippen LogP contribution in [-0.4, -0.2) is 62.0 Å². The molecule has 0 radical (unpaired) electrons. The molecule has 0 atom stereocenters. The Morgan fingerprint density at radius 2 is 1.90 bits per heavy atom. The van der Waals surface area contributed by atoms with E-state index in [-0.39, 0.29) is 5.75 Å². The van der Waals surface area contributed by atoms with E-state index in [0.29, 0.717) is 37.8 Å². The summed E-state index contributed by atoms with van der Waals surface area (Å²) in [5.74, 6) is 0.222. The van der Waals surface area contributed by atoms with Gasteiger partial charge in [0.25, 0.3) is 0 Å². The highest BCUT2D eigenvalue weighted by Crippen LogP contribution is 2.23. The summed E-state index contributed by atoms with van der Waals surface area (Å²) in [6, 6.07) is 6.24. The molecule has 12 heteroatoms. The summed E-state index contributed by atoms with van der Waals surface area (Å²) >= 11 is 0. The second kappa shape index (κ2) is 9.96. The van der Waals surface area contributed by atoms with E-state index in [4.69, 9.17) is 4.74 Å². The fourth-order valence-corrected chi connectivity index (χ4v) is 2.72. The fraction of sp³-hybridized carbons (Fsp3) is 0.389. The first kappa shape index (κ1) is 21.4. The number of nitrogens with one attached hydrogen (secondary N) is 3. The summed E-state index contributed by atoms with van der Waals surface area (Å²) in [7, 11) is 0. The van der Waals surface area contributed by atoms with Crippen molar-refractivity contribution in [2.24, 2.45) is 0 Å². The van der Waals surface area contributed by atoms with Gasteiger partial charge in [-0.15, -0.1) is 18.3 Å². The Morgan fingerprint density at radius 3 is 2.60 bits per heavy atom. The van der Waals surface area contributed by atoms with Crippen molar-refractivity contribution in [2.75, 3.05) is 54.9 Å². The molecule has 1 fully saturated rings. The van der Waals surface area contributed by atoms with Gasteiger partial charge in [-0.2, -0.15) is 5.10 Å². The van der Waals surface area contributed by atoms with Crippen LogP contribution in [0.3, 0.4) is 0 Å². The van der Waals surface area contributed by atoms with Crippen LogP contribution in [0.5, 0.6) is 5.75 Å². The summed E-state index contributed by atoms with van der Waals surface area (Å²) < 4.78 is 45.5. The minimum Gasteiger partial charge on any atom is -0.406 e. The third-order valence-corrected chi connectivity index (χ3v) is 4.08. The first-order valence-corrected chi connectivity index (χ1v) is 9.19. The number of benzene rings is 1. The number of alkyl halides is 3. The zero-order valence-electron chi connectivity index (χ0n) is 15.9. The van der Waals surface area contributed by atoms with Crippen molar-refractivity contribution in [3.63, 3.8) is 0 Å². The molecule has 0 bridgehead atoms. The predicted octanol–water partition coefficient (Wildman–Crippen LogP) is 2.45. The molecule has 0 unspecified atom stereocenters. The molecule has 1 aromatic carbocycles. The number of amides is 2. The molecular formula is C18H21F3N6O3. The molecule has 3 rings (SSSR count). The summed E-state index contributed by atoms with van der Waals surface area (Å²) in [6.45, 7) is 3.62. The van der Waals surface area contributed by atoms with Gasteiger partial charge in [0.05, 0.1) is 25.1 Å². The first-order chi connectivity index (χ1) is 14.4. The zero-order chi connectivity index (χ0) is 21.4. The quantitative estimate of drug-likeness (QED) is 0.585. The number of carbonyl (C=O) groups is 1. The van der Waals surface area contributed by atoms with Gasteiger partial charge in [0.2, 0.25) is 0 Å². The molecule has 9 nitrogen and oxygen atoms in total. The number of nitrogens with zero attached hydrogens (tertiary/aromatic N) is 3. The summed E-state index contributed by atoms with van der Waals surface area (Å²) in [5, 5.41) is 16.2. The fourth-order valence-electron chi connectivity index (χ4n) is 2.72. The number of halogens is 3. The lowest BCUT2D eigenvalue weighted by molar-refractivity contribution is -0.274. The molecule has 1 aliphatic heterocycles. The molecule has 3 N–H and O–H groups in total. The Hall–Kier alpha value is -3.28. The average molecular weight is 426 g/mol. The van der Waals surface area contributed by atoms with Crippen LogP contribution in [0.1, 0.15) is 0 Å². The lowest BCUT2D eigenvalue weighted by Crippen LogP contribution is -2.36. The van der Waals surface area contributed by atoms with E-state index in [9.17, 15) is 18.0 Å². The second-order valence-corrected chi connectivity index (χ2v) is 6.28. The first-order valence-electron chi connectivity index (χ1n) is 9.19. The number of anilines is 3. The van der Waals surface area contributed by atoms with Crippen molar-refractivity contribution in [1.82, 2.24) is 15.5 Å². The lowest BCUT2D eigenvalue weighted by atomic mass is 10.3. The van der Waals surface area contributed by atoms with E-state index >= 15 is 0 Å². The molecule has 0 spiro atoms. The van der Waals surface area contributed by atoms with Crippen LogP contribution in [-0.2, 0) is 4.74 Å². The molecule has 0 saturated carbocycles. The van der Waals surface area contributed by atoms with Crippen LogP contribution >= 0.6 is 0 Å². The van der Waals surface area contributed by atoms with Gasteiger partial charge < -0.3 is 30.3 Å². The highest BCUT2D eigenvalue weighted by Gasteiger charge is 2.30. The standard InChI is InChI=1S/C18H21F3N6O3/c19-18(20,21)30-15-3-1-13(2-4-15)25-17(28)23-6-5-22-16-11-14(12-24-26-16)27-7-9-29-10-8-27/h1-4,11-12H,5-10H2,(H,22,26)(H2,23,25,28). The van der Waals surface area contributed by atoms with Gasteiger partial charge in [-0.05, 0) is 24.3 Å². The number of hydrogen-bond acceptors (Lipinski definition) is 7. The van der Waals surface area contributed by atoms with E-state index in [0.717, 1.165) is 30.9 Å². The molecule has 0 aliphatic carbocycles. The highest BCUT2D eigenvalue weighted by molar-refractivity contribution is 5.89. The monoisotopic (exact) mass is 426 g/mol. The van der Waals surface area contributed by atoms with Crippen molar-refractivity contribution < 1.29 is 27.4 Å². The Bertz CT molecular complexity index is 829. The van der Waals surface area contributed by atoms with E-state index in [1.807, 2.05) is 6.07 Å². The van der Waals surface area contributed by atoms with Gasteiger partial charge in [0, 0.05) is 37.9 Å². The summed E-state index contributed by atoms with van der Waals surface area (Å²) in [6.07, 6.45) is -3.07. The van der Waals surface area contributed by atoms with Crippen molar-refractivity contribution >= 4 is 23.2 Å². The van der Waals surface area contributed by atoms with Crippen LogP contribution in [0.4, 0.5) is 35.2 Å². The zero-order valence-corrected chi connectivity index (χ0v) is 15.9. The Kier molecular flexibility index (Phi) is 7.12. The largest absolute Gasteiger partial charge is 0.573 e. The Morgan fingerprint density at radius 1 is 1.17 bits per heavy atom. The minimum atomic E-state index is -4.76. The van der Waals surface area contributed by atoms with Crippen LogP contribution in [0.25, 0.3) is 0 Å². The second-order valence-electron chi connectivity index (χ2n) is 6.28. The van der Waals surface area contributed by atoms with Crippen LogP contribution in [0.15, 0.2) is 36.5 Å². The van der Waals surface area contributed by atoms with E-state index in [1.165, 1.54) is 12.1 Å². The Labute approximate surface area is 170 Å². The lowest BCUT2D eigenvalue weighted by Gasteiger charge is -2.28. The molecule has 2 aromatic rings. The molecular weight excluding hydrogens is 405 g/mol. The van der Waals surface area contributed by atoms with Crippen molar-refractivity contribution in [1.29, 1.82) is 0 Å². The number of carbonyl (C=O) groups excluding carboxylic acids is 1. The smallest absolute Gasteiger partial charge is 0.406 e.